The summed E-state index contributed by atoms with van der Waals surface area (Å²) in [6, 6.07) is 10.3. The summed E-state index contributed by atoms with van der Waals surface area (Å²) in [5.74, 6) is 0. The van der Waals surface area contributed by atoms with E-state index in [1.165, 1.54) is 11.3 Å². The normalized spacial score (nSPS) is 11.5. The lowest BCUT2D eigenvalue weighted by molar-refractivity contribution is 0.598. The van der Waals surface area contributed by atoms with Gasteiger partial charge < -0.3 is 0 Å². The molecule has 0 amide bonds. The number of hydrogen-bond donors (Lipinski definition) is 0. The molecule has 0 bridgehead atoms. The van der Waals surface area contributed by atoms with Crippen LogP contribution >= 0.6 is 11.3 Å². The molecular formula is C11H10O2S2. The van der Waals surface area contributed by atoms with Crippen LogP contribution in [0.1, 0.15) is 5.56 Å². The maximum Gasteiger partial charge on any atom is 0.215 e. The van der Waals surface area contributed by atoms with E-state index in [0.717, 1.165) is 5.56 Å². The first-order chi connectivity index (χ1) is 7.10. The van der Waals surface area contributed by atoms with Crippen molar-refractivity contribution in [2.45, 2.75) is 16.0 Å². The summed E-state index contributed by atoms with van der Waals surface area (Å²) in [7, 11) is -3.29. The highest BCUT2D eigenvalue weighted by Crippen LogP contribution is 2.24. The second-order valence-corrected chi connectivity index (χ2v) is 6.37. The topological polar surface area (TPSA) is 34.1 Å². The molecule has 2 nitrogen and oxygen atoms in total. The maximum absolute atomic E-state index is 12.0. The molecule has 0 unspecified atom stereocenters. The van der Waals surface area contributed by atoms with Gasteiger partial charge in [-0.25, -0.2) is 8.42 Å². The molecule has 0 radical (unpaired) electrons. The molecule has 0 aliphatic rings. The third kappa shape index (κ3) is 1.96. The highest BCUT2D eigenvalue weighted by Gasteiger charge is 2.17. The molecule has 2 aromatic rings. The van der Waals surface area contributed by atoms with Gasteiger partial charge >= 0.3 is 0 Å². The Morgan fingerprint density at radius 1 is 1.07 bits per heavy atom. The van der Waals surface area contributed by atoms with Crippen LogP contribution in [0.25, 0.3) is 0 Å². The second kappa shape index (κ2) is 3.79. The Morgan fingerprint density at radius 3 is 2.27 bits per heavy atom. The fourth-order valence-electron chi connectivity index (χ4n) is 1.25. The van der Waals surface area contributed by atoms with Crippen LogP contribution < -0.4 is 0 Å². The SMILES string of the molecule is Cc1ccc(S(=O)(=O)c2cccs2)cc1. The van der Waals surface area contributed by atoms with Gasteiger partial charge in [0.2, 0.25) is 9.84 Å². The Kier molecular flexibility index (Phi) is 2.63. The summed E-state index contributed by atoms with van der Waals surface area (Å²) in [6.45, 7) is 1.93. The van der Waals surface area contributed by atoms with Crippen molar-refractivity contribution < 1.29 is 8.42 Å². The summed E-state index contributed by atoms with van der Waals surface area (Å²) in [4.78, 5) is 0.357. The van der Waals surface area contributed by atoms with E-state index in [1.807, 2.05) is 6.92 Å². The Morgan fingerprint density at radius 2 is 1.73 bits per heavy atom. The monoisotopic (exact) mass is 238 g/mol. The molecule has 0 spiro atoms. The molecule has 0 fully saturated rings. The lowest BCUT2D eigenvalue weighted by atomic mass is 10.2. The molecular weight excluding hydrogens is 228 g/mol. The summed E-state index contributed by atoms with van der Waals surface area (Å²) in [5, 5.41) is 1.76. The van der Waals surface area contributed by atoms with Crippen LogP contribution in [-0.2, 0) is 9.84 Å². The first kappa shape index (κ1) is 10.4. The maximum atomic E-state index is 12.0. The van der Waals surface area contributed by atoms with E-state index in [-0.39, 0.29) is 0 Å². The molecule has 1 aromatic carbocycles. The first-order valence-electron chi connectivity index (χ1n) is 4.46. The van der Waals surface area contributed by atoms with Crippen LogP contribution in [0.3, 0.4) is 0 Å². The number of hydrogen-bond acceptors (Lipinski definition) is 3. The van der Waals surface area contributed by atoms with E-state index < -0.39 is 9.84 Å². The molecule has 78 valence electrons. The fourth-order valence-corrected chi connectivity index (χ4v) is 3.64. The van der Waals surface area contributed by atoms with Gasteiger partial charge in [-0.3, -0.25) is 0 Å². The van der Waals surface area contributed by atoms with Crippen molar-refractivity contribution in [3.05, 3.63) is 47.3 Å². The van der Waals surface area contributed by atoms with E-state index in [4.69, 9.17) is 0 Å². The zero-order chi connectivity index (χ0) is 10.9. The van der Waals surface area contributed by atoms with Crippen molar-refractivity contribution in [2.75, 3.05) is 0 Å². The van der Waals surface area contributed by atoms with Crippen LogP contribution in [0.5, 0.6) is 0 Å². The smallest absolute Gasteiger partial charge is 0.215 e. The molecule has 2 rings (SSSR count). The van der Waals surface area contributed by atoms with E-state index in [2.05, 4.69) is 0 Å². The van der Waals surface area contributed by atoms with Crippen molar-refractivity contribution in [1.29, 1.82) is 0 Å². The van der Waals surface area contributed by atoms with E-state index in [9.17, 15) is 8.42 Å². The quantitative estimate of drug-likeness (QED) is 0.806. The van der Waals surface area contributed by atoms with Crippen LogP contribution in [-0.4, -0.2) is 8.42 Å². The summed E-state index contributed by atoms with van der Waals surface area (Å²) < 4.78 is 24.4. The molecule has 0 aliphatic heterocycles. The zero-order valence-electron chi connectivity index (χ0n) is 8.17. The van der Waals surface area contributed by atoms with Gasteiger partial charge in [0.25, 0.3) is 0 Å². The lowest BCUT2D eigenvalue weighted by Gasteiger charge is -2.01. The van der Waals surface area contributed by atoms with Crippen LogP contribution in [0.2, 0.25) is 0 Å². The van der Waals surface area contributed by atoms with Crippen molar-refractivity contribution in [3.63, 3.8) is 0 Å². The summed E-state index contributed by atoms with van der Waals surface area (Å²) >= 11 is 1.24. The Balaban J connectivity index is 2.52. The minimum Gasteiger partial charge on any atom is -0.218 e. The van der Waals surface area contributed by atoms with Gasteiger partial charge in [-0.2, -0.15) is 0 Å². The van der Waals surface area contributed by atoms with E-state index >= 15 is 0 Å². The average Bonchev–Trinajstić information content (AvgIpc) is 2.71. The van der Waals surface area contributed by atoms with Gasteiger partial charge in [0.05, 0.1) is 4.90 Å². The summed E-state index contributed by atoms with van der Waals surface area (Å²) in [5.41, 5.74) is 1.06. The third-order valence-electron chi connectivity index (χ3n) is 2.09. The predicted octanol–water partition coefficient (Wildman–Crippen LogP) is 2.89. The number of sulfone groups is 1. The highest BCUT2D eigenvalue weighted by molar-refractivity contribution is 7.93. The molecule has 1 heterocycles. The number of thiophene rings is 1. The van der Waals surface area contributed by atoms with Gasteiger partial charge in [-0.05, 0) is 30.5 Å². The largest absolute Gasteiger partial charge is 0.218 e. The van der Waals surface area contributed by atoms with Crippen LogP contribution in [0.15, 0.2) is 50.9 Å². The summed E-state index contributed by atoms with van der Waals surface area (Å²) in [6.07, 6.45) is 0. The molecule has 0 saturated carbocycles. The lowest BCUT2D eigenvalue weighted by Crippen LogP contribution is -1.98. The molecule has 0 N–H and O–H groups in total. The van der Waals surface area contributed by atoms with Gasteiger partial charge in [0.15, 0.2) is 0 Å². The second-order valence-electron chi connectivity index (χ2n) is 3.25. The molecule has 0 aliphatic carbocycles. The van der Waals surface area contributed by atoms with Gasteiger partial charge in [-0.15, -0.1) is 11.3 Å². The predicted molar refractivity (Wildman–Crippen MR) is 60.9 cm³/mol. The number of rotatable bonds is 2. The minimum atomic E-state index is -3.29. The van der Waals surface area contributed by atoms with Crippen molar-refractivity contribution in [3.8, 4) is 0 Å². The molecule has 1 aromatic heterocycles. The zero-order valence-corrected chi connectivity index (χ0v) is 9.81. The Hall–Kier alpha value is -1.13. The van der Waals surface area contributed by atoms with Crippen LogP contribution in [0.4, 0.5) is 0 Å². The molecule has 4 heteroatoms. The fraction of sp³-hybridized carbons (Fsp3) is 0.0909. The highest BCUT2D eigenvalue weighted by atomic mass is 32.2. The Bertz CT molecular complexity index is 537. The van der Waals surface area contributed by atoms with Crippen molar-refractivity contribution in [2.24, 2.45) is 0 Å². The van der Waals surface area contributed by atoms with Crippen molar-refractivity contribution in [1.82, 2.24) is 0 Å². The molecule has 0 saturated heterocycles. The Labute approximate surface area is 93.1 Å². The van der Waals surface area contributed by atoms with E-state index in [1.54, 1.807) is 41.8 Å². The van der Waals surface area contributed by atoms with Gasteiger partial charge in [0.1, 0.15) is 4.21 Å². The molecule has 0 atom stereocenters. The first-order valence-corrected chi connectivity index (χ1v) is 6.82. The van der Waals surface area contributed by atoms with Gasteiger partial charge in [-0.1, -0.05) is 23.8 Å². The average molecular weight is 238 g/mol. The van der Waals surface area contributed by atoms with Gasteiger partial charge in [0, 0.05) is 0 Å². The molecule has 15 heavy (non-hydrogen) atoms. The minimum absolute atomic E-state index is 0.357. The standard InChI is InChI=1S/C11H10O2S2/c1-9-4-6-10(7-5-9)15(12,13)11-3-2-8-14-11/h2-8H,1H3. The van der Waals surface area contributed by atoms with Crippen LogP contribution in [0, 0.1) is 6.92 Å². The van der Waals surface area contributed by atoms with Crippen molar-refractivity contribution >= 4 is 21.2 Å². The third-order valence-corrected chi connectivity index (χ3v) is 5.26. The number of aryl methyl sites for hydroxylation is 1. The number of benzene rings is 1. The van der Waals surface area contributed by atoms with E-state index in [0.29, 0.717) is 9.10 Å².